The SMILES string of the molecule is Nc1cc([N+](=O)[O-])ccc1SCc1ccccc1Cl. The lowest BCUT2D eigenvalue weighted by molar-refractivity contribution is -0.384. The predicted octanol–water partition coefficient (Wildman–Crippen LogP) is 4.12. The molecule has 2 rings (SSSR count). The number of rotatable bonds is 4. The van der Waals surface area contributed by atoms with E-state index in [1.807, 2.05) is 24.3 Å². The molecule has 0 aromatic heterocycles. The van der Waals surface area contributed by atoms with Gasteiger partial charge in [0.1, 0.15) is 0 Å². The lowest BCUT2D eigenvalue weighted by Crippen LogP contribution is -1.93. The van der Waals surface area contributed by atoms with Crippen molar-refractivity contribution in [2.75, 3.05) is 5.73 Å². The molecule has 0 bridgehead atoms. The Morgan fingerprint density at radius 1 is 1.26 bits per heavy atom. The Hall–Kier alpha value is -1.72. The second kappa shape index (κ2) is 5.95. The van der Waals surface area contributed by atoms with Crippen molar-refractivity contribution in [3.63, 3.8) is 0 Å². The maximum absolute atomic E-state index is 10.6. The van der Waals surface area contributed by atoms with Crippen LogP contribution in [-0.2, 0) is 5.75 Å². The Labute approximate surface area is 119 Å². The molecule has 2 N–H and O–H groups in total. The van der Waals surface area contributed by atoms with Crippen molar-refractivity contribution in [3.05, 3.63) is 63.2 Å². The molecule has 0 spiro atoms. The Balaban J connectivity index is 2.12. The fourth-order valence-electron chi connectivity index (χ4n) is 1.55. The van der Waals surface area contributed by atoms with E-state index < -0.39 is 4.92 Å². The van der Waals surface area contributed by atoms with Crippen molar-refractivity contribution in [2.45, 2.75) is 10.6 Å². The van der Waals surface area contributed by atoms with E-state index in [-0.39, 0.29) is 5.69 Å². The largest absolute Gasteiger partial charge is 0.398 e. The van der Waals surface area contributed by atoms with Crippen molar-refractivity contribution in [1.82, 2.24) is 0 Å². The first kappa shape index (κ1) is 13.7. The number of anilines is 1. The molecule has 2 aromatic rings. The van der Waals surface area contributed by atoms with Gasteiger partial charge in [-0.15, -0.1) is 11.8 Å². The van der Waals surface area contributed by atoms with E-state index in [0.717, 1.165) is 10.5 Å². The molecule has 0 atom stereocenters. The predicted molar refractivity (Wildman–Crippen MR) is 78.5 cm³/mol. The van der Waals surface area contributed by atoms with Crippen LogP contribution in [0.15, 0.2) is 47.4 Å². The molecule has 0 aliphatic rings. The average molecular weight is 295 g/mol. The summed E-state index contributed by atoms with van der Waals surface area (Å²) >= 11 is 7.57. The summed E-state index contributed by atoms with van der Waals surface area (Å²) in [5, 5.41) is 11.3. The summed E-state index contributed by atoms with van der Waals surface area (Å²) in [5.41, 5.74) is 7.22. The second-order valence-corrected chi connectivity index (χ2v) is 5.28. The van der Waals surface area contributed by atoms with Crippen molar-refractivity contribution in [1.29, 1.82) is 0 Å². The van der Waals surface area contributed by atoms with Crippen LogP contribution in [0.25, 0.3) is 0 Å². The van der Waals surface area contributed by atoms with E-state index in [1.165, 1.54) is 23.9 Å². The summed E-state index contributed by atoms with van der Waals surface area (Å²) in [6.45, 7) is 0. The minimum absolute atomic E-state index is 0.000376. The molecule has 0 radical (unpaired) electrons. The number of nitrogen functional groups attached to an aromatic ring is 1. The topological polar surface area (TPSA) is 69.2 Å². The van der Waals surface area contributed by atoms with Crippen LogP contribution in [0.2, 0.25) is 5.02 Å². The van der Waals surface area contributed by atoms with Gasteiger partial charge in [0.05, 0.1) is 10.6 Å². The number of nitro benzene ring substituents is 1. The van der Waals surface area contributed by atoms with E-state index >= 15 is 0 Å². The van der Waals surface area contributed by atoms with Gasteiger partial charge in [-0.05, 0) is 17.7 Å². The molecule has 0 saturated carbocycles. The van der Waals surface area contributed by atoms with Gasteiger partial charge in [-0.1, -0.05) is 29.8 Å². The number of nitro groups is 1. The number of benzene rings is 2. The fourth-order valence-corrected chi connectivity index (χ4v) is 2.79. The molecule has 4 nitrogen and oxygen atoms in total. The Bertz CT molecular complexity index is 619. The van der Waals surface area contributed by atoms with Gasteiger partial charge in [0, 0.05) is 27.8 Å². The summed E-state index contributed by atoms with van der Waals surface area (Å²) in [4.78, 5) is 11.0. The van der Waals surface area contributed by atoms with E-state index in [4.69, 9.17) is 17.3 Å². The number of nitrogens with zero attached hydrogens (tertiary/aromatic N) is 1. The third-order valence-corrected chi connectivity index (χ3v) is 4.05. The van der Waals surface area contributed by atoms with E-state index in [9.17, 15) is 10.1 Å². The van der Waals surface area contributed by atoms with Crippen molar-refractivity contribution >= 4 is 34.7 Å². The zero-order chi connectivity index (χ0) is 13.8. The fraction of sp³-hybridized carbons (Fsp3) is 0.0769. The van der Waals surface area contributed by atoms with E-state index in [2.05, 4.69) is 0 Å². The number of hydrogen-bond acceptors (Lipinski definition) is 4. The maximum atomic E-state index is 10.6. The van der Waals surface area contributed by atoms with Crippen molar-refractivity contribution in [2.24, 2.45) is 0 Å². The number of halogens is 1. The molecule has 0 aliphatic heterocycles. The van der Waals surface area contributed by atoms with Gasteiger partial charge in [-0.3, -0.25) is 10.1 Å². The molecule has 2 aromatic carbocycles. The molecule has 0 fully saturated rings. The minimum atomic E-state index is -0.459. The lowest BCUT2D eigenvalue weighted by Gasteiger charge is -2.06. The number of thioether (sulfide) groups is 1. The van der Waals surface area contributed by atoms with Gasteiger partial charge in [-0.25, -0.2) is 0 Å². The highest BCUT2D eigenvalue weighted by Gasteiger charge is 2.09. The monoisotopic (exact) mass is 294 g/mol. The molecular weight excluding hydrogens is 284 g/mol. The molecule has 19 heavy (non-hydrogen) atoms. The van der Waals surface area contributed by atoms with Crippen LogP contribution in [0.1, 0.15) is 5.56 Å². The minimum Gasteiger partial charge on any atom is -0.398 e. The zero-order valence-corrected chi connectivity index (χ0v) is 11.4. The molecule has 6 heteroatoms. The Morgan fingerprint density at radius 3 is 2.63 bits per heavy atom. The number of hydrogen-bond donors (Lipinski definition) is 1. The second-order valence-electron chi connectivity index (χ2n) is 3.86. The van der Waals surface area contributed by atoms with Crippen LogP contribution < -0.4 is 5.73 Å². The average Bonchev–Trinajstić information content (AvgIpc) is 2.39. The summed E-state index contributed by atoms with van der Waals surface area (Å²) in [7, 11) is 0. The summed E-state index contributed by atoms with van der Waals surface area (Å²) in [6, 6.07) is 12.0. The van der Waals surface area contributed by atoms with Gasteiger partial charge >= 0.3 is 0 Å². The Kier molecular flexibility index (Phi) is 4.29. The molecule has 98 valence electrons. The third-order valence-electron chi connectivity index (χ3n) is 2.55. The smallest absolute Gasteiger partial charge is 0.271 e. The summed E-state index contributed by atoms with van der Waals surface area (Å²) in [6.07, 6.45) is 0. The first-order valence-electron chi connectivity index (χ1n) is 5.48. The summed E-state index contributed by atoms with van der Waals surface area (Å²) in [5.74, 6) is 0.668. The zero-order valence-electron chi connectivity index (χ0n) is 9.88. The maximum Gasteiger partial charge on any atom is 0.271 e. The van der Waals surface area contributed by atoms with Gasteiger partial charge in [0.2, 0.25) is 0 Å². The van der Waals surface area contributed by atoms with Crippen LogP contribution in [0.4, 0.5) is 11.4 Å². The highest BCUT2D eigenvalue weighted by molar-refractivity contribution is 7.98. The molecule has 0 heterocycles. The molecule has 0 unspecified atom stereocenters. The van der Waals surface area contributed by atoms with Crippen LogP contribution in [0.3, 0.4) is 0 Å². The van der Waals surface area contributed by atoms with Crippen molar-refractivity contribution in [3.8, 4) is 0 Å². The van der Waals surface area contributed by atoms with Crippen LogP contribution in [-0.4, -0.2) is 4.92 Å². The molecular formula is C13H11ClN2O2S. The first-order valence-corrected chi connectivity index (χ1v) is 6.84. The quantitative estimate of drug-likeness (QED) is 0.398. The normalized spacial score (nSPS) is 10.4. The van der Waals surface area contributed by atoms with Crippen molar-refractivity contribution < 1.29 is 4.92 Å². The standard InChI is InChI=1S/C13H11ClN2O2S/c14-11-4-2-1-3-9(11)8-19-13-6-5-10(16(17)18)7-12(13)15/h1-7H,8,15H2. The van der Waals surface area contributed by atoms with Crippen LogP contribution in [0, 0.1) is 10.1 Å². The summed E-state index contributed by atoms with van der Waals surface area (Å²) < 4.78 is 0. The van der Waals surface area contributed by atoms with Gasteiger partial charge in [0.15, 0.2) is 0 Å². The Morgan fingerprint density at radius 2 is 2.00 bits per heavy atom. The van der Waals surface area contributed by atoms with E-state index in [0.29, 0.717) is 16.5 Å². The van der Waals surface area contributed by atoms with Gasteiger partial charge in [0.25, 0.3) is 5.69 Å². The highest BCUT2D eigenvalue weighted by Crippen LogP contribution is 2.32. The number of non-ortho nitro benzene ring substituents is 1. The third kappa shape index (κ3) is 3.39. The molecule has 0 aliphatic carbocycles. The van der Waals surface area contributed by atoms with Crippen LogP contribution >= 0.6 is 23.4 Å². The number of nitrogens with two attached hydrogens (primary N) is 1. The lowest BCUT2D eigenvalue weighted by atomic mass is 10.2. The van der Waals surface area contributed by atoms with E-state index in [1.54, 1.807) is 6.07 Å². The highest BCUT2D eigenvalue weighted by atomic mass is 35.5. The van der Waals surface area contributed by atoms with Crippen LogP contribution in [0.5, 0.6) is 0 Å². The first-order chi connectivity index (χ1) is 9.08. The molecule has 0 saturated heterocycles. The molecule has 0 amide bonds. The van der Waals surface area contributed by atoms with Gasteiger partial charge in [-0.2, -0.15) is 0 Å². The van der Waals surface area contributed by atoms with Gasteiger partial charge < -0.3 is 5.73 Å².